The fourth-order valence-corrected chi connectivity index (χ4v) is 2.50. The van der Waals surface area contributed by atoms with E-state index in [4.69, 9.17) is 5.11 Å². The van der Waals surface area contributed by atoms with E-state index in [1.165, 1.54) is 0 Å². The van der Waals surface area contributed by atoms with Gasteiger partial charge in [-0.2, -0.15) is 0 Å². The number of carboxylic acid groups (broad SMARTS) is 1. The molecule has 18 heavy (non-hydrogen) atoms. The lowest BCUT2D eigenvalue weighted by Crippen LogP contribution is -2.37. The van der Waals surface area contributed by atoms with Crippen LogP contribution in [0.3, 0.4) is 0 Å². The van der Waals surface area contributed by atoms with Crippen molar-refractivity contribution in [1.29, 1.82) is 0 Å². The zero-order valence-electron chi connectivity index (χ0n) is 10.9. The molecule has 1 fully saturated rings. The molecule has 1 aliphatic carbocycles. The molecule has 1 aliphatic rings. The first-order chi connectivity index (χ1) is 8.50. The maximum absolute atomic E-state index is 11.8. The number of aliphatic hydroxyl groups excluding tert-OH is 1. The van der Waals surface area contributed by atoms with Crippen molar-refractivity contribution in [2.24, 2.45) is 11.3 Å². The molecular weight excluding hydrogens is 234 g/mol. The fourth-order valence-electron chi connectivity index (χ4n) is 2.50. The zero-order valence-corrected chi connectivity index (χ0v) is 10.9. The van der Waals surface area contributed by atoms with Crippen LogP contribution in [0.2, 0.25) is 0 Å². The van der Waals surface area contributed by atoms with Gasteiger partial charge < -0.3 is 15.5 Å². The molecule has 0 heterocycles. The Kier molecular flexibility index (Phi) is 5.59. The van der Waals surface area contributed by atoms with E-state index < -0.39 is 11.4 Å². The Balaban J connectivity index is 2.41. The van der Waals surface area contributed by atoms with Crippen molar-refractivity contribution in [2.75, 3.05) is 13.2 Å². The van der Waals surface area contributed by atoms with Gasteiger partial charge in [0.05, 0.1) is 5.41 Å². The maximum atomic E-state index is 11.8. The fraction of sp³-hybridized carbons (Fsp3) is 0.846. The van der Waals surface area contributed by atoms with Gasteiger partial charge >= 0.3 is 5.97 Å². The summed E-state index contributed by atoms with van der Waals surface area (Å²) in [6.07, 6.45) is 3.70. The van der Waals surface area contributed by atoms with Crippen molar-refractivity contribution in [2.45, 2.75) is 45.4 Å². The third-order valence-electron chi connectivity index (χ3n) is 3.78. The van der Waals surface area contributed by atoms with Crippen LogP contribution < -0.4 is 5.32 Å². The SMILES string of the molecule is CC(CCO)CNC(=O)CC1(C(=O)O)CCCC1. The van der Waals surface area contributed by atoms with E-state index in [1.807, 2.05) is 6.92 Å². The standard InChI is InChI=1S/C13H23NO4/c1-10(4-7-15)9-14-11(16)8-13(12(17)18)5-2-3-6-13/h10,15H,2-9H2,1H3,(H,14,16)(H,17,18). The number of nitrogens with one attached hydrogen (secondary N) is 1. The summed E-state index contributed by atoms with van der Waals surface area (Å²) >= 11 is 0. The molecule has 0 bridgehead atoms. The molecule has 1 amide bonds. The third-order valence-corrected chi connectivity index (χ3v) is 3.78. The summed E-state index contributed by atoms with van der Waals surface area (Å²) in [5.41, 5.74) is -0.843. The molecule has 1 atom stereocenters. The highest BCUT2D eigenvalue weighted by Gasteiger charge is 2.42. The van der Waals surface area contributed by atoms with Gasteiger partial charge in [-0.05, 0) is 25.2 Å². The Morgan fingerprint density at radius 1 is 1.33 bits per heavy atom. The molecule has 104 valence electrons. The van der Waals surface area contributed by atoms with Crippen LogP contribution in [-0.2, 0) is 9.59 Å². The van der Waals surface area contributed by atoms with Crippen LogP contribution in [-0.4, -0.2) is 35.2 Å². The first kappa shape index (κ1) is 15.0. The highest BCUT2D eigenvalue weighted by molar-refractivity contribution is 5.85. The van der Waals surface area contributed by atoms with Crippen molar-refractivity contribution in [3.63, 3.8) is 0 Å². The van der Waals surface area contributed by atoms with E-state index in [2.05, 4.69) is 5.32 Å². The lowest BCUT2D eigenvalue weighted by molar-refractivity contribution is -0.151. The molecule has 1 rings (SSSR count). The minimum absolute atomic E-state index is 0.0776. The predicted molar refractivity (Wildman–Crippen MR) is 67.0 cm³/mol. The van der Waals surface area contributed by atoms with Gasteiger partial charge in [-0.1, -0.05) is 19.8 Å². The third kappa shape index (κ3) is 3.98. The highest BCUT2D eigenvalue weighted by Crippen LogP contribution is 2.41. The van der Waals surface area contributed by atoms with Gasteiger partial charge in [-0.25, -0.2) is 0 Å². The van der Waals surface area contributed by atoms with Gasteiger partial charge in [-0.3, -0.25) is 9.59 Å². The molecule has 0 saturated heterocycles. The Hall–Kier alpha value is -1.10. The van der Waals surface area contributed by atoms with E-state index in [0.717, 1.165) is 12.8 Å². The van der Waals surface area contributed by atoms with E-state index >= 15 is 0 Å². The first-order valence-corrected chi connectivity index (χ1v) is 6.61. The molecule has 0 aliphatic heterocycles. The monoisotopic (exact) mass is 257 g/mol. The molecule has 0 aromatic carbocycles. The highest BCUT2D eigenvalue weighted by atomic mass is 16.4. The number of hydrogen-bond acceptors (Lipinski definition) is 3. The summed E-state index contributed by atoms with van der Waals surface area (Å²) in [5, 5.41) is 20.8. The quantitative estimate of drug-likeness (QED) is 0.638. The number of carboxylic acids is 1. The molecule has 0 spiro atoms. The van der Waals surface area contributed by atoms with Crippen molar-refractivity contribution in [1.82, 2.24) is 5.32 Å². The number of aliphatic hydroxyl groups is 1. The number of aliphatic carboxylic acids is 1. The summed E-state index contributed by atoms with van der Waals surface area (Å²) in [4.78, 5) is 23.1. The Labute approximate surface area is 108 Å². The van der Waals surface area contributed by atoms with Crippen molar-refractivity contribution < 1.29 is 19.8 Å². The summed E-state index contributed by atoms with van der Waals surface area (Å²) < 4.78 is 0. The lowest BCUT2D eigenvalue weighted by Gasteiger charge is -2.23. The molecule has 1 saturated carbocycles. The van der Waals surface area contributed by atoms with E-state index in [9.17, 15) is 14.7 Å². The van der Waals surface area contributed by atoms with Crippen LogP contribution in [0, 0.1) is 11.3 Å². The van der Waals surface area contributed by atoms with Crippen LogP contribution in [0.15, 0.2) is 0 Å². The van der Waals surface area contributed by atoms with Crippen molar-refractivity contribution in [3.8, 4) is 0 Å². The van der Waals surface area contributed by atoms with Crippen molar-refractivity contribution in [3.05, 3.63) is 0 Å². The van der Waals surface area contributed by atoms with Crippen LogP contribution in [0.25, 0.3) is 0 Å². The number of carbonyl (C=O) groups excluding carboxylic acids is 1. The summed E-state index contributed by atoms with van der Waals surface area (Å²) in [7, 11) is 0. The van der Waals surface area contributed by atoms with Gasteiger partial charge in [0.15, 0.2) is 0 Å². The molecule has 0 aromatic rings. The normalized spacial score (nSPS) is 19.4. The zero-order chi connectivity index (χ0) is 13.6. The smallest absolute Gasteiger partial charge is 0.310 e. The average Bonchev–Trinajstić information content (AvgIpc) is 2.77. The number of carbonyl (C=O) groups is 2. The van der Waals surface area contributed by atoms with Gasteiger partial charge in [-0.15, -0.1) is 0 Å². The van der Waals surface area contributed by atoms with Crippen LogP contribution in [0.1, 0.15) is 45.4 Å². The van der Waals surface area contributed by atoms with Gasteiger partial charge in [0, 0.05) is 19.6 Å². The second kappa shape index (κ2) is 6.73. The van der Waals surface area contributed by atoms with E-state index in [0.29, 0.717) is 25.8 Å². The molecule has 1 unspecified atom stereocenters. The summed E-state index contributed by atoms with van der Waals surface area (Å²) in [6.45, 7) is 2.55. The Morgan fingerprint density at radius 2 is 1.94 bits per heavy atom. The van der Waals surface area contributed by atoms with Gasteiger partial charge in [0.2, 0.25) is 5.91 Å². The second-order valence-electron chi connectivity index (χ2n) is 5.39. The van der Waals surface area contributed by atoms with Crippen LogP contribution >= 0.6 is 0 Å². The second-order valence-corrected chi connectivity index (χ2v) is 5.39. The Bertz CT molecular complexity index is 297. The predicted octanol–water partition coefficient (Wildman–Crippen LogP) is 1.16. The van der Waals surface area contributed by atoms with Gasteiger partial charge in [0.25, 0.3) is 0 Å². The summed E-state index contributed by atoms with van der Waals surface area (Å²) in [6, 6.07) is 0. The van der Waals surface area contributed by atoms with Crippen LogP contribution in [0.5, 0.6) is 0 Å². The largest absolute Gasteiger partial charge is 0.481 e. The van der Waals surface area contributed by atoms with E-state index in [1.54, 1.807) is 0 Å². The number of amides is 1. The molecule has 3 N–H and O–H groups in total. The minimum atomic E-state index is -0.849. The minimum Gasteiger partial charge on any atom is -0.481 e. The molecule has 0 aromatic heterocycles. The average molecular weight is 257 g/mol. The topological polar surface area (TPSA) is 86.6 Å². The first-order valence-electron chi connectivity index (χ1n) is 6.61. The number of rotatable bonds is 7. The summed E-state index contributed by atoms with van der Waals surface area (Å²) in [5.74, 6) is -0.828. The lowest BCUT2D eigenvalue weighted by atomic mass is 9.82. The Morgan fingerprint density at radius 3 is 2.44 bits per heavy atom. The molecule has 0 radical (unpaired) electrons. The number of hydrogen-bond donors (Lipinski definition) is 3. The van der Waals surface area contributed by atoms with Crippen molar-refractivity contribution >= 4 is 11.9 Å². The molecular formula is C13H23NO4. The van der Waals surface area contributed by atoms with Crippen LogP contribution in [0.4, 0.5) is 0 Å². The van der Waals surface area contributed by atoms with Gasteiger partial charge in [0.1, 0.15) is 0 Å². The molecule has 5 heteroatoms. The maximum Gasteiger partial charge on any atom is 0.310 e. The molecule has 5 nitrogen and oxygen atoms in total. The van der Waals surface area contributed by atoms with E-state index in [-0.39, 0.29) is 24.9 Å².